The smallest absolute Gasteiger partial charge is 0.240 e. The molecule has 0 aliphatic carbocycles. The summed E-state index contributed by atoms with van der Waals surface area (Å²) in [5, 5.41) is 13.9. The summed E-state index contributed by atoms with van der Waals surface area (Å²) in [7, 11) is 0. The van der Waals surface area contributed by atoms with Gasteiger partial charge in [-0.1, -0.05) is 46.3 Å². The Hall–Kier alpha value is -2.90. The molecule has 0 bridgehead atoms. The second-order valence-electron chi connectivity index (χ2n) is 7.88. The van der Waals surface area contributed by atoms with E-state index in [2.05, 4.69) is 29.8 Å². The Kier molecular flexibility index (Phi) is 6.48. The van der Waals surface area contributed by atoms with Crippen molar-refractivity contribution in [3.05, 3.63) is 81.7 Å². The summed E-state index contributed by atoms with van der Waals surface area (Å²) in [5.74, 6) is -1.86. The van der Waals surface area contributed by atoms with E-state index in [4.69, 9.17) is 4.42 Å². The van der Waals surface area contributed by atoms with Gasteiger partial charge in [0.15, 0.2) is 5.76 Å². The molecule has 1 unspecified atom stereocenters. The van der Waals surface area contributed by atoms with Crippen LogP contribution < -0.4 is 10.0 Å². The monoisotopic (exact) mass is 496 g/mol. The van der Waals surface area contributed by atoms with E-state index in [9.17, 15) is 14.7 Å². The molecule has 2 aromatic carbocycles. The van der Waals surface area contributed by atoms with Crippen LogP contribution in [0.25, 0.3) is 11.0 Å². The number of carbonyl (C=O) groups excluding carboxylic acids is 2. The number of ketones is 1. The molecular formula is C25H25BrN2O4. The lowest BCUT2D eigenvalue weighted by atomic mass is 9.95. The van der Waals surface area contributed by atoms with Crippen LogP contribution in [0, 0.1) is 0 Å². The van der Waals surface area contributed by atoms with E-state index in [0.717, 1.165) is 22.9 Å². The van der Waals surface area contributed by atoms with E-state index in [0.29, 0.717) is 24.2 Å². The predicted molar refractivity (Wildman–Crippen MR) is 123 cm³/mol. The number of rotatable bonds is 8. The van der Waals surface area contributed by atoms with Crippen molar-refractivity contribution in [1.82, 2.24) is 4.90 Å². The van der Waals surface area contributed by atoms with Gasteiger partial charge in [-0.2, -0.15) is 0 Å². The normalized spacial score (nSPS) is 16.6. The lowest BCUT2D eigenvalue weighted by Gasteiger charge is -2.29. The van der Waals surface area contributed by atoms with Crippen LogP contribution in [0.4, 0.5) is 0 Å². The number of nitrogens with one attached hydrogen (secondary N) is 1. The molecule has 1 aromatic heterocycles. The third-order valence-corrected chi connectivity index (χ3v) is 6.54. The molecule has 2 heterocycles. The molecule has 0 radical (unpaired) electrons. The molecular weight excluding hydrogens is 472 g/mol. The Bertz CT molecular complexity index is 1160. The van der Waals surface area contributed by atoms with E-state index in [1.54, 1.807) is 12.1 Å². The van der Waals surface area contributed by atoms with Crippen molar-refractivity contribution < 1.29 is 24.0 Å². The van der Waals surface area contributed by atoms with Gasteiger partial charge in [-0.05, 0) is 49.4 Å². The first-order valence-electron chi connectivity index (χ1n) is 10.8. The van der Waals surface area contributed by atoms with E-state index in [1.807, 2.05) is 42.5 Å². The molecule has 3 aromatic rings. The Morgan fingerprint density at radius 1 is 1.12 bits per heavy atom. The van der Waals surface area contributed by atoms with Crippen LogP contribution >= 0.6 is 15.9 Å². The number of quaternary nitrogens is 1. The van der Waals surface area contributed by atoms with E-state index in [-0.39, 0.29) is 11.3 Å². The fourth-order valence-electron chi connectivity index (χ4n) is 4.23. The fourth-order valence-corrected chi connectivity index (χ4v) is 4.65. The summed E-state index contributed by atoms with van der Waals surface area (Å²) >= 11 is 3.46. The highest BCUT2D eigenvalue weighted by Crippen LogP contribution is 2.39. The number of fused-ring (bicyclic) bond motifs is 1. The number of hydrogen-bond acceptors (Lipinski definition) is 4. The minimum atomic E-state index is -0.755. The maximum atomic E-state index is 13.5. The number of hydrogen-bond donors (Lipinski definition) is 1. The molecule has 0 fully saturated rings. The third kappa shape index (κ3) is 4.10. The van der Waals surface area contributed by atoms with Crippen LogP contribution in [0.1, 0.15) is 36.0 Å². The fraction of sp³-hybridized carbons (Fsp3) is 0.280. The predicted octanol–water partition coefficient (Wildman–Crippen LogP) is 2.50. The Balaban J connectivity index is 1.75. The first kappa shape index (κ1) is 22.3. The van der Waals surface area contributed by atoms with Gasteiger partial charge in [0.05, 0.1) is 32.2 Å². The van der Waals surface area contributed by atoms with Gasteiger partial charge < -0.3 is 19.3 Å². The van der Waals surface area contributed by atoms with Gasteiger partial charge in [0, 0.05) is 15.4 Å². The molecule has 7 heteroatoms. The van der Waals surface area contributed by atoms with E-state index >= 15 is 0 Å². The van der Waals surface area contributed by atoms with Crippen LogP contribution in [0.2, 0.25) is 0 Å². The molecule has 1 amide bonds. The Morgan fingerprint density at radius 3 is 2.56 bits per heavy atom. The summed E-state index contributed by atoms with van der Waals surface area (Å²) < 4.78 is 6.55. The van der Waals surface area contributed by atoms with Gasteiger partial charge in [-0.15, -0.1) is 0 Å². The van der Waals surface area contributed by atoms with Gasteiger partial charge in [0.1, 0.15) is 5.58 Å². The standard InChI is InChI=1S/C25H25BrN2O4/c1-3-27(4-2)12-13-28-22(17-9-7-10-18(26)14-17)21(24(30)25(28)31)23(29)20-15-16-8-5-6-11-19(16)32-20/h5-11,14-15,22,30H,3-4,12-13H2,1-2H3. The zero-order valence-corrected chi connectivity index (χ0v) is 19.6. The van der Waals surface area contributed by atoms with Gasteiger partial charge in [-0.3, -0.25) is 9.59 Å². The number of amides is 1. The Labute approximate surface area is 195 Å². The van der Waals surface area contributed by atoms with Gasteiger partial charge >= 0.3 is 0 Å². The zero-order valence-electron chi connectivity index (χ0n) is 18.1. The average Bonchev–Trinajstić information content (AvgIpc) is 3.34. The Morgan fingerprint density at radius 2 is 1.88 bits per heavy atom. The highest BCUT2D eigenvalue weighted by atomic mass is 79.9. The number of carbonyl (C=O) groups is 2. The lowest BCUT2D eigenvalue weighted by molar-refractivity contribution is -0.895. The highest BCUT2D eigenvalue weighted by molar-refractivity contribution is 9.10. The lowest BCUT2D eigenvalue weighted by Crippen LogP contribution is -3.12. The molecule has 166 valence electrons. The van der Waals surface area contributed by atoms with Gasteiger partial charge in [-0.25, -0.2) is 0 Å². The first-order valence-corrected chi connectivity index (χ1v) is 11.6. The number of likely N-dealkylation sites (N-methyl/N-ethyl adjacent to an activating group) is 1. The number of halogens is 1. The zero-order chi connectivity index (χ0) is 22.8. The second-order valence-corrected chi connectivity index (χ2v) is 8.80. The summed E-state index contributed by atoms with van der Waals surface area (Å²) in [6, 6.07) is 15.5. The number of nitrogens with zero attached hydrogens (tertiary/aromatic N) is 1. The summed E-state index contributed by atoms with van der Waals surface area (Å²) in [6.45, 7) is 7.10. The number of benzene rings is 2. The van der Waals surface area contributed by atoms with Crippen molar-refractivity contribution in [2.45, 2.75) is 19.9 Å². The summed E-state index contributed by atoms with van der Waals surface area (Å²) in [6.07, 6.45) is 0. The quantitative estimate of drug-likeness (QED) is 0.486. The average molecular weight is 497 g/mol. The number of para-hydroxylation sites is 1. The van der Waals surface area contributed by atoms with Crippen molar-refractivity contribution in [3.63, 3.8) is 0 Å². The van der Waals surface area contributed by atoms with Gasteiger partial charge in [0.2, 0.25) is 11.7 Å². The maximum absolute atomic E-state index is 13.5. The molecule has 1 atom stereocenters. The molecule has 1 aliphatic rings. The third-order valence-electron chi connectivity index (χ3n) is 6.05. The first-order chi connectivity index (χ1) is 15.4. The molecule has 32 heavy (non-hydrogen) atoms. The minimum Gasteiger partial charge on any atom is -0.868 e. The van der Waals surface area contributed by atoms with Crippen LogP contribution in [0.3, 0.4) is 0 Å². The van der Waals surface area contributed by atoms with Crippen molar-refractivity contribution >= 4 is 38.6 Å². The van der Waals surface area contributed by atoms with E-state index in [1.165, 1.54) is 9.80 Å². The molecule has 4 rings (SSSR count). The number of Topliss-reactive ketones (excluding diaryl/α,β-unsaturated/α-hetero) is 1. The molecule has 6 nitrogen and oxygen atoms in total. The minimum absolute atomic E-state index is 0.0540. The van der Waals surface area contributed by atoms with Crippen molar-refractivity contribution in [2.75, 3.05) is 26.2 Å². The van der Waals surface area contributed by atoms with Crippen molar-refractivity contribution in [3.8, 4) is 0 Å². The number of furan rings is 1. The summed E-state index contributed by atoms with van der Waals surface area (Å²) in [4.78, 5) is 29.4. The second kappa shape index (κ2) is 9.30. The molecule has 1 N–H and O–H groups in total. The van der Waals surface area contributed by atoms with Crippen molar-refractivity contribution in [2.24, 2.45) is 0 Å². The van der Waals surface area contributed by atoms with Crippen molar-refractivity contribution in [1.29, 1.82) is 0 Å². The van der Waals surface area contributed by atoms with Crippen LogP contribution in [0.15, 0.2) is 74.8 Å². The van der Waals surface area contributed by atoms with E-state index < -0.39 is 23.5 Å². The largest absolute Gasteiger partial charge is 0.868 e. The highest BCUT2D eigenvalue weighted by Gasteiger charge is 2.40. The molecule has 0 spiro atoms. The van der Waals surface area contributed by atoms with Gasteiger partial charge in [0.25, 0.3) is 0 Å². The SMILES string of the molecule is CC[NH+](CC)CCN1C(=O)C([O-])=C(C(=O)c2cc3ccccc3o2)C1c1cccc(Br)c1. The molecule has 1 aliphatic heterocycles. The molecule has 0 saturated heterocycles. The molecule has 0 saturated carbocycles. The topological polar surface area (TPSA) is 78.0 Å². The van der Waals surface area contributed by atoms with Crippen LogP contribution in [-0.4, -0.2) is 42.8 Å². The van der Waals surface area contributed by atoms with Crippen LogP contribution in [0.5, 0.6) is 0 Å². The van der Waals surface area contributed by atoms with Crippen LogP contribution in [-0.2, 0) is 4.79 Å². The summed E-state index contributed by atoms with van der Waals surface area (Å²) in [5.41, 5.74) is 1.23. The maximum Gasteiger partial charge on any atom is 0.240 e.